The van der Waals surface area contributed by atoms with E-state index in [2.05, 4.69) is 45.8 Å². The van der Waals surface area contributed by atoms with E-state index in [1.807, 2.05) is 9.80 Å². The highest BCUT2D eigenvalue weighted by molar-refractivity contribution is 7.91. The molecule has 208 valence electrons. The van der Waals surface area contributed by atoms with Crippen molar-refractivity contribution in [2.24, 2.45) is 0 Å². The molecule has 1 aromatic heterocycles. The van der Waals surface area contributed by atoms with E-state index in [0.29, 0.717) is 37.5 Å². The summed E-state index contributed by atoms with van der Waals surface area (Å²) >= 11 is 0. The molecule has 1 aromatic carbocycles. The van der Waals surface area contributed by atoms with Crippen molar-refractivity contribution in [3.8, 4) is 5.75 Å². The van der Waals surface area contributed by atoms with Crippen molar-refractivity contribution < 1.29 is 17.9 Å². The lowest BCUT2D eigenvalue weighted by Gasteiger charge is -2.36. The van der Waals surface area contributed by atoms with Gasteiger partial charge in [0.1, 0.15) is 30.3 Å². The summed E-state index contributed by atoms with van der Waals surface area (Å²) in [7, 11) is -2.99. The molecule has 3 fully saturated rings. The van der Waals surface area contributed by atoms with E-state index in [4.69, 9.17) is 4.74 Å². The first kappa shape index (κ1) is 26.1. The van der Waals surface area contributed by atoms with Gasteiger partial charge in [-0.1, -0.05) is 12.6 Å². The number of carbonyl (C=O) groups is 1. The highest BCUT2D eigenvalue weighted by Crippen LogP contribution is 2.41. The number of benzene rings is 1. The van der Waals surface area contributed by atoms with E-state index < -0.39 is 9.84 Å². The maximum Gasteiger partial charge on any atom is 0.246 e. The number of nitrogens with one attached hydrogen (secondary N) is 1. The van der Waals surface area contributed by atoms with Crippen molar-refractivity contribution in [2.75, 3.05) is 61.0 Å². The van der Waals surface area contributed by atoms with Crippen molar-refractivity contribution in [1.29, 1.82) is 0 Å². The molecule has 0 bridgehead atoms. The molecule has 1 N–H and O–H groups in total. The van der Waals surface area contributed by atoms with Crippen LogP contribution in [0.15, 0.2) is 31.1 Å². The number of sulfone groups is 1. The van der Waals surface area contributed by atoms with Crippen LogP contribution in [0.25, 0.3) is 0 Å². The average molecular weight is 553 g/mol. The van der Waals surface area contributed by atoms with Crippen molar-refractivity contribution in [2.45, 2.75) is 44.8 Å². The largest absolute Gasteiger partial charge is 0.486 e. The third-order valence-corrected chi connectivity index (χ3v) is 10.3. The number of nitrogens with zero attached hydrogens (tertiary/aromatic N) is 5. The Hall–Kier alpha value is -3.18. The smallest absolute Gasteiger partial charge is 0.246 e. The second-order valence-corrected chi connectivity index (χ2v) is 13.3. The molecule has 1 atom stereocenters. The van der Waals surface area contributed by atoms with Crippen LogP contribution in [0.5, 0.6) is 5.75 Å². The fourth-order valence-electron chi connectivity index (χ4n) is 6.40. The molecule has 4 aliphatic heterocycles. The maximum absolute atomic E-state index is 12.0. The Morgan fingerprint density at radius 3 is 2.62 bits per heavy atom. The molecule has 4 aliphatic rings. The molecule has 0 spiro atoms. The minimum Gasteiger partial charge on any atom is -0.486 e. The van der Waals surface area contributed by atoms with E-state index in [1.54, 1.807) is 0 Å². The first-order chi connectivity index (χ1) is 18.8. The fraction of sp³-hybridized carbons (Fsp3) is 0.536. The van der Waals surface area contributed by atoms with E-state index in [-0.39, 0.29) is 17.4 Å². The van der Waals surface area contributed by atoms with Crippen LogP contribution in [0, 0.1) is 6.92 Å². The van der Waals surface area contributed by atoms with Gasteiger partial charge in [0, 0.05) is 32.2 Å². The molecule has 5 heterocycles. The van der Waals surface area contributed by atoms with Gasteiger partial charge in [-0.15, -0.1) is 0 Å². The van der Waals surface area contributed by atoms with Crippen LogP contribution in [-0.4, -0.2) is 90.9 Å². The summed E-state index contributed by atoms with van der Waals surface area (Å²) in [6, 6.07) is 4.88. The van der Waals surface area contributed by atoms with Crippen molar-refractivity contribution >= 4 is 33.1 Å². The zero-order valence-corrected chi connectivity index (χ0v) is 23.3. The molecule has 10 nitrogen and oxygen atoms in total. The number of piperidine rings is 1. The third kappa shape index (κ3) is 5.21. The summed E-state index contributed by atoms with van der Waals surface area (Å²) in [5, 5.41) is 3.52. The Labute approximate surface area is 230 Å². The normalized spacial score (nSPS) is 23.3. The molecule has 0 saturated carbocycles. The lowest BCUT2D eigenvalue weighted by molar-refractivity contribution is -0.125. The Morgan fingerprint density at radius 1 is 1.10 bits per heavy atom. The molecular weight excluding hydrogens is 516 g/mol. The van der Waals surface area contributed by atoms with Gasteiger partial charge in [0.05, 0.1) is 22.8 Å². The van der Waals surface area contributed by atoms with Crippen molar-refractivity contribution in [3.05, 3.63) is 47.8 Å². The van der Waals surface area contributed by atoms with Gasteiger partial charge < -0.3 is 19.9 Å². The Bertz CT molecular complexity index is 1370. The van der Waals surface area contributed by atoms with E-state index in [1.165, 1.54) is 18.0 Å². The highest BCUT2D eigenvalue weighted by Gasteiger charge is 2.33. The van der Waals surface area contributed by atoms with Gasteiger partial charge in [-0.3, -0.25) is 9.69 Å². The van der Waals surface area contributed by atoms with Gasteiger partial charge in [-0.05, 0) is 68.5 Å². The minimum absolute atomic E-state index is 0.0328. The zero-order valence-electron chi connectivity index (χ0n) is 22.4. The number of likely N-dealkylation sites (tertiary alicyclic amines) is 2. The quantitative estimate of drug-likeness (QED) is 0.573. The molecule has 1 amide bonds. The molecular formula is C28H36N6O4S. The predicted octanol–water partition coefficient (Wildman–Crippen LogP) is 2.62. The summed E-state index contributed by atoms with van der Waals surface area (Å²) in [5.74, 6) is 3.02. The first-order valence-corrected chi connectivity index (χ1v) is 15.6. The number of ether oxygens (including phenoxy) is 1. The van der Waals surface area contributed by atoms with Crippen LogP contribution in [0.2, 0.25) is 0 Å². The highest BCUT2D eigenvalue weighted by atomic mass is 32.2. The van der Waals surface area contributed by atoms with E-state index in [0.717, 1.165) is 73.8 Å². The molecule has 0 aliphatic carbocycles. The van der Waals surface area contributed by atoms with Gasteiger partial charge in [0.2, 0.25) is 5.91 Å². The van der Waals surface area contributed by atoms with E-state index >= 15 is 0 Å². The Morgan fingerprint density at radius 2 is 1.87 bits per heavy atom. The van der Waals surface area contributed by atoms with Crippen LogP contribution in [0.1, 0.15) is 41.9 Å². The number of anilines is 3. The topological polar surface area (TPSA) is 108 Å². The van der Waals surface area contributed by atoms with Crippen LogP contribution in [0.4, 0.5) is 17.3 Å². The molecule has 1 unspecified atom stereocenters. The molecule has 6 rings (SSSR count). The monoisotopic (exact) mass is 552 g/mol. The molecule has 11 heteroatoms. The number of carbonyl (C=O) groups excluding carboxylic acids is 1. The van der Waals surface area contributed by atoms with Crippen LogP contribution < -0.4 is 15.0 Å². The fourth-order valence-corrected chi connectivity index (χ4v) is 7.60. The molecule has 3 saturated heterocycles. The van der Waals surface area contributed by atoms with Gasteiger partial charge in [0.15, 0.2) is 9.84 Å². The first-order valence-electron chi connectivity index (χ1n) is 13.8. The van der Waals surface area contributed by atoms with E-state index in [9.17, 15) is 13.2 Å². The number of rotatable bonds is 4. The van der Waals surface area contributed by atoms with Gasteiger partial charge in [-0.25, -0.2) is 18.4 Å². The standard InChI is InChI=1S/C28H36N6O4S/c1-3-25(35)34-9-6-22(16-34)32-7-4-20(5-8-32)21-14-19(2)26-24(15-21)31-27-23(17-38-26)28(30-18-29-27)33-10-12-39(36,37)13-11-33/h3,14-15,18,20,22H,1,4-13,16-17H2,2H3,(H,29,30,31). The van der Waals surface area contributed by atoms with Gasteiger partial charge in [0.25, 0.3) is 0 Å². The SMILES string of the molecule is C=CC(=O)N1CCC(N2CCC(c3cc(C)c4c(c3)Nc3ncnc(N5CCS(=O)(=O)CC5)c3CO4)CC2)C1. The summed E-state index contributed by atoms with van der Waals surface area (Å²) in [6.07, 6.45) is 6.13. The zero-order chi connectivity index (χ0) is 27.1. The minimum atomic E-state index is -2.99. The summed E-state index contributed by atoms with van der Waals surface area (Å²) in [5.41, 5.74) is 4.14. The predicted molar refractivity (Wildman–Crippen MR) is 150 cm³/mol. The summed E-state index contributed by atoms with van der Waals surface area (Å²) in [4.78, 5) is 27.5. The molecule has 39 heavy (non-hydrogen) atoms. The van der Waals surface area contributed by atoms with Crippen LogP contribution in [0.3, 0.4) is 0 Å². The Balaban J connectivity index is 1.16. The average Bonchev–Trinajstić information content (AvgIpc) is 3.35. The number of amides is 1. The lowest BCUT2D eigenvalue weighted by atomic mass is 9.87. The number of aromatic nitrogens is 2. The molecule has 0 radical (unpaired) electrons. The third-order valence-electron chi connectivity index (χ3n) is 8.64. The maximum atomic E-state index is 12.0. The number of fused-ring (bicyclic) bond motifs is 2. The summed E-state index contributed by atoms with van der Waals surface area (Å²) < 4.78 is 30.2. The van der Waals surface area contributed by atoms with Crippen LogP contribution in [-0.2, 0) is 21.2 Å². The second-order valence-electron chi connectivity index (χ2n) is 11.0. The Kier molecular flexibility index (Phi) is 6.96. The van der Waals surface area contributed by atoms with Gasteiger partial charge >= 0.3 is 0 Å². The number of hydrogen-bond acceptors (Lipinski definition) is 9. The number of aryl methyl sites for hydroxylation is 1. The lowest BCUT2D eigenvalue weighted by Crippen LogP contribution is -2.43. The summed E-state index contributed by atoms with van der Waals surface area (Å²) in [6.45, 7) is 10.5. The molecule has 2 aromatic rings. The number of hydrogen-bond donors (Lipinski definition) is 1. The van der Waals surface area contributed by atoms with Gasteiger partial charge in [-0.2, -0.15) is 0 Å². The second kappa shape index (κ2) is 10.4. The van der Waals surface area contributed by atoms with Crippen molar-refractivity contribution in [3.63, 3.8) is 0 Å². The van der Waals surface area contributed by atoms with Crippen LogP contribution >= 0.6 is 0 Å². The van der Waals surface area contributed by atoms with Crippen molar-refractivity contribution in [1.82, 2.24) is 19.8 Å².